The minimum Gasteiger partial charge on any atom is -0.303 e. The van der Waals surface area contributed by atoms with E-state index in [1.54, 1.807) is 0 Å². The van der Waals surface area contributed by atoms with Crippen molar-refractivity contribution in [3.63, 3.8) is 0 Å². The van der Waals surface area contributed by atoms with E-state index >= 15 is 0 Å². The first-order valence-corrected chi connectivity index (χ1v) is 6.55. The average Bonchev–Trinajstić information content (AvgIpc) is 2.11. The second-order valence-electron chi connectivity index (χ2n) is 4.29. The Morgan fingerprint density at radius 3 is 2.43 bits per heavy atom. The third-order valence-electron chi connectivity index (χ3n) is 3.22. The fourth-order valence-electron chi connectivity index (χ4n) is 2.08. The molecule has 5 heteroatoms. The number of hydrogen-bond acceptors (Lipinski definition) is 3. The lowest BCUT2D eigenvalue weighted by Crippen LogP contribution is -2.50. The molecule has 0 bridgehead atoms. The van der Waals surface area contributed by atoms with Crippen molar-refractivity contribution in [3.8, 4) is 0 Å². The van der Waals surface area contributed by atoms with Crippen LogP contribution in [0.2, 0.25) is 0 Å². The summed E-state index contributed by atoms with van der Waals surface area (Å²) in [4.78, 5) is 2.21. The SMILES string of the molecule is CNS(=O)(=O)C1CC(C)N(C)CC1C. The van der Waals surface area contributed by atoms with Crippen LogP contribution in [0.3, 0.4) is 0 Å². The Balaban J connectivity index is 2.81. The maximum atomic E-state index is 11.7. The number of nitrogens with one attached hydrogen (secondary N) is 1. The fourth-order valence-corrected chi connectivity index (χ4v) is 3.62. The van der Waals surface area contributed by atoms with E-state index in [1.807, 2.05) is 14.0 Å². The number of piperidine rings is 1. The van der Waals surface area contributed by atoms with Gasteiger partial charge in [-0.2, -0.15) is 0 Å². The smallest absolute Gasteiger partial charge is 0.214 e. The van der Waals surface area contributed by atoms with Crippen molar-refractivity contribution in [2.75, 3.05) is 20.6 Å². The molecule has 1 saturated heterocycles. The Hall–Kier alpha value is -0.130. The molecule has 1 N–H and O–H groups in total. The summed E-state index contributed by atoms with van der Waals surface area (Å²) in [7, 11) is 0.433. The molecule has 1 fully saturated rings. The van der Waals surface area contributed by atoms with Crippen LogP contribution in [-0.4, -0.2) is 45.2 Å². The number of hydrogen-bond donors (Lipinski definition) is 1. The molecule has 3 atom stereocenters. The van der Waals surface area contributed by atoms with Crippen LogP contribution in [0, 0.1) is 5.92 Å². The second kappa shape index (κ2) is 4.16. The molecule has 84 valence electrons. The van der Waals surface area contributed by atoms with Crippen LogP contribution in [0.15, 0.2) is 0 Å². The summed E-state index contributed by atoms with van der Waals surface area (Å²) in [6.07, 6.45) is 0.723. The van der Waals surface area contributed by atoms with Crippen molar-refractivity contribution < 1.29 is 8.42 Å². The summed E-state index contributed by atoms with van der Waals surface area (Å²) in [6.45, 7) is 4.93. The van der Waals surface area contributed by atoms with Crippen LogP contribution < -0.4 is 4.72 Å². The van der Waals surface area contributed by atoms with E-state index in [4.69, 9.17) is 0 Å². The first-order valence-electron chi connectivity index (χ1n) is 5.01. The number of sulfonamides is 1. The standard InChI is InChI=1S/C9H20N2O2S/c1-7-6-11(4)8(2)5-9(7)14(12,13)10-3/h7-10H,5-6H2,1-4H3. The lowest BCUT2D eigenvalue weighted by atomic mass is 9.95. The Morgan fingerprint density at radius 2 is 1.93 bits per heavy atom. The molecule has 0 aromatic heterocycles. The minimum atomic E-state index is -3.10. The molecule has 0 aromatic rings. The largest absolute Gasteiger partial charge is 0.303 e. The van der Waals surface area contributed by atoms with Gasteiger partial charge in [-0.3, -0.25) is 0 Å². The van der Waals surface area contributed by atoms with Crippen molar-refractivity contribution in [2.45, 2.75) is 31.6 Å². The molecule has 1 aliphatic rings. The van der Waals surface area contributed by atoms with Crippen molar-refractivity contribution in [1.82, 2.24) is 9.62 Å². The van der Waals surface area contributed by atoms with Gasteiger partial charge in [0.05, 0.1) is 5.25 Å². The van der Waals surface area contributed by atoms with Gasteiger partial charge >= 0.3 is 0 Å². The predicted molar refractivity (Wildman–Crippen MR) is 57.6 cm³/mol. The summed E-state index contributed by atoms with van der Waals surface area (Å²) in [5, 5.41) is -0.237. The van der Waals surface area contributed by atoms with Gasteiger partial charge in [-0.1, -0.05) is 6.92 Å². The van der Waals surface area contributed by atoms with Gasteiger partial charge in [-0.25, -0.2) is 13.1 Å². The van der Waals surface area contributed by atoms with Crippen LogP contribution >= 0.6 is 0 Å². The summed E-state index contributed by atoms with van der Waals surface area (Å²) in [5.41, 5.74) is 0. The van der Waals surface area contributed by atoms with Crippen LogP contribution in [0.1, 0.15) is 20.3 Å². The third-order valence-corrected chi connectivity index (χ3v) is 5.24. The van der Waals surface area contributed by atoms with Gasteiger partial charge < -0.3 is 4.90 Å². The van der Waals surface area contributed by atoms with Crippen LogP contribution in [0.5, 0.6) is 0 Å². The van der Waals surface area contributed by atoms with Crippen molar-refractivity contribution in [1.29, 1.82) is 0 Å². The second-order valence-corrected chi connectivity index (χ2v) is 6.39. The van der Waals surface area contributed by atoms with Gasteiger partial charge in [-0.15, -0.1) is 0 Å². The molecule has 3 unspecified atom stereocenters. The van der Waals surface area contributed by atoms with Gasteiger partial charge in [0.25, 0.3) is 0 Å². The average molecular weight is 220 g/mol. The molecular formula is C9H20N2O2S. The monoisotopic (exact) mass is 220 g/mol. The maximum absolute atomic E-state index is 11.7. The summed E-state index contributed by atoms with van der Waals surface area (Å²) in [5.74, 6) is 0.202. The van der Waals surface area contributed by atoms with Gasteiger partial charge in [0.2, 0.25) is 10.0 Å². The highest BCUT2D eigenvalue weighted by atomic mass is 32.2. The van der Waals surface area contributed by atoms with Crippen LogP contribution in [0.4, 0.5) is 0 Å². The number of nitrogens with zero attached hydrogens (tertiary/aromatic N) is 1. The van der Waals surface area contributed by atoms with Crippen molar-refractivity contribution >= 4 is 10.0 Å². The van der Waals surface area contributed by atoms with E-state index in [0.29, 0.717) is 6.04 Å². The molecule has 1 heterocycles. The molecule has 1 rings (SSSR count). The molecule has 4 nitrogen and oxygen atoms in total. The summed E-state index contributed by atoms with van der Waals surface area (Å²) < 4.78 is 25.8. The lowest BCUT2D eigenvalue weighted by molar-refractivity contribution is 0.160. The first-order chi connectivity index (χ1) is 6.38. The van der Waals surface area contributed by atoms with Crippen molar-refractivity contribution in [3.05, 3.63) is 0 Å². The van der Waals surface area contributed by atoms with E-state index in [0.717, 1.165) is 13.0 Å². The predicted octanol–water partition coefficient (Wildman–Crippen LogP) is 0.264. The normalized spacial score (nSPS) is 35.9. The van der Waals surface area contributed by atoms with Crippen LogP contribution in [-0.2, 0) is 10.0 Å². The first kappa shape index (κ1) is 11.9. The molecule has 0 radical (unpaired) electrons. The zero-order valence-corrected chi connectivity index (χ0v) is 10.1. The van der Waals surface area contributed by atoms with Gasteiger partial charge in [0.1, 0.15) is 0 Å². The Morgan fingerprint density at radius 1 is 1.36 bits per heavy atom. The highest BCUT2D eigenvalue weighted by Crippen LogP contribution is 2.25. The highest BCUT2D eigenvalue weighted by Gasteiger charge is 2.36. The zero-order chi connectivity index (χ0) is 10.9. The Bertz CT molecular complexity index is 289. The summed E-state index contributed by atoms with van der Waals surface area (Å²) >= 11 is 0. The van der Waals surface area contributed by atoms with Crippen LogP contribution in [0.25, 0.3) is 0 Å². The molecule has 0 spiro atoms. The van der Waals surface area contributed by atoms with E-state index in [9.17, 15) is 8.42 Å². The van der Waals surface area contributed by atoms with Gasteiger partial charge in [-0.05, 0) is 33.4 Å². The fraction of sp³-hybridized carbons (Fsp3) is 1.00. The molecule has 0 aromatic carbocycles. The minimum absolute atomic E-state index is 0.202. The lowest BCUT2D eigenvalue weighted by Gasteiger charge is -2.38. The Kier molecular flexibility index (Phi) is 3.55. The topological polar surface area (TPSA) is 49.4 Å². The Labute approximate surface area is 86.7 Å². The van der Waals surface area contributed by atoms with E-state index < -0.39 is 10.0 Å². The quantitative estimate of drug-likeness (QED) is 0.726. The highest BCUT2D eigenvalue weighted by molar-refractivity contribution is 7.90. The molecular weight excluding hydrogens is 200 g/mol. The molecule has 14 heavy (non-hydrogen) atoms. The molecule has 0 saturated carbocycles. The van der Waals surface area contributed by atoms with E-state index in [-0.39, 0.29) is 11.2 Å². The zero-order valence-electron chi connectivity index (χ0n) is 9.32. The van der Waals surface area contributed by atoms with E-state index in [2.05, 4.69) is 16.5 Å². The maximum Gasteiger partial charge on any atom is 0.214 e. The molecule has 0 amide bonds. The molecule has 1 aliphatic heterocycles. The summed E-state index contributed by atoms with van der Waals surface area (Å²) in [6, 6.07) is 0.347. The third kappa shape index (κ3) is 2.27. The number of rotatable bonds is 2. The van der Waals surface area contributed by atoms with Gasteiger partial charge in [0.15, 0.2) is 0 Å². The number of likely N-dealkylation sites (tertiary alicyclic amines) is 1. The van der Waals surface area contributed by atoms with E-state index in [1.165, 1.54) is 7.05 Å². The van der Waals surface area contributed by atoms with Crippen molar-refractivity contribution in [2.24, 2.45) is 5.92 Å². The molecule has 0 aliphatic carbocycles. The van der Waals surface area contributed by atoms with Gasteiger partial charge in [0, 0.05) is 12.6 Å².